The number of ether oxygens (including phenoxy) is 2. The van der Waals surface area contributed by atoms with Crippen molar-refractivity contribution in [3.63, 3.8) is 0 Å². The number of benzene rings is 3. The molecular formula is C33H32F2N2O4S2. The normalized spacial score (nSPS) is 12.1. The summed E-state index contributed by atoms with van der Waals surface area (Å²) in [5, 5.41) is 2.86. The van der Waals surface area contributed by atoms with Crippen molar-refractivity contribution in [2.45, 2.75) is 25.8 Å². The van der Waals surface area contributed by atoms with Crippen molar-refractivity contribution < 1.29 is 27.8 Å². The fraction of sp³-hybridized carbons (Fsp3) is 0.242. The Morgan fingerprint density at radius 2 is 1.84 bits per heavy atom. The number of esters is 1. The van der Waals surface area contributed by atoms with Crippen LogP contribution in [-0.4, -0.2) is 48.6 Å². The zero-order valence-electron chi connectivity index (χ0n) is 24.1. The number of amides is 1. The van der Waals surface area contributed by atoms with Crippen LogP contribution in [0.4, 0.5) is 8.78 Å². The molecule has 4 aromatic rings. The number of methoxy groups -OCH3 is 1. The van der Waals surface area contributed by atoms with E-state index in [2.05, 4.69) is 10.3 Å². The number of carbonyl (C=O) groups excluding carboxylic acids is 2. The maximum Gasteiger partial charge on any atom is 0.328 e. The Balaban J connectivity index is 1.67. The average Bonchev–Trinajstić information content (AvgIpc) is 3.50. The van der Waals surface area contributed by atoms with Crippen molar-refractivity contribution in [2.24, 2.45) is 0 Å². The lowest BCUT2D eigenvalue weighted by molar-refractivity contribution is -0.142. The molecule has 0 aliphatic carbocycles. The van der Waals surface area contributed by atoms with Gasteiger partial charge in [0, 0.05) is 34.8 Å². The molecule has 1 N–H and O–H groups in total. The molecule has 0 aliphatic heterocycles. The van der Waals surface area contributed by atoms with Crippen LogP contribution in [0.25, 0.3) is 17.2 Å². The molecule has 3 aromatic carbocycles. The second kappa shape index (κ2) is 15.5. The first-order valence-corrected chi connectivity index (χ1v) is 15.8. The van der Waals surface area contributed by atoms with Gasteiger partial charge in [-0.1, -0.05) is 36.4 Å². The lowest BCUT2D eigenvalue weighted by Crippen LogP contribution is -2.42. The Labute approximate surface area is 258 Å². The summed E-state index contributed by atoms with van der Waals surface area (Å²) in [7, 11) is 1.31. The predicted molar refractivity (Wildman–Crippen MR) is 169 cm³/mol. The van der Waals surface area contributed by atoms with Gasteiger partial charge in [0.25, 0.3) is 5.91 Å². The van der Waals surface area contributed by atoms with Crippen molar-refractivity contribution in [3.05, 3.63) is 111 Å². The first-order valence-electron chi connectivity index (χ1n) is 13.5. The van der Waals surface area contributed by atoms with Crippen LogP contribution in [0, 0.1) is 18.6 Å². The third-order valence-electron chi connectivity index (χ3n) is 6.65. The molecule has 0 fully saturated rings. The number of thioether (sulfide) groups is 1. The van der Waals surface area contributed by atoms with Crippen molar-refractivity contribution >= 4 is 41.1 Å². The second-order valence-electron chi connectivity index (χ2n) is 9.80. The van der Waals surface area contributed by atoms with Gasteiger partial charge in [-0.25, -0.2) is 13.6 Å². The van der Waals surface area contributed by atoms with Crippen molar-refractivity contribution in [2.75, 3.05) is 25.7 Å². The summed E-state index contributed by atoms with van der Waals surface area (Å²) in [6, 6.07) is 15.6. The summed E-state index contributed by atoms with van der Waals surface area (Å²) >= 11 is 3.04. The summed E-state index contributed by atoms with van der Waals surface area (Å²) in [5.41, 5.74) is 6.46. The van der Waals surface area contributed by atoms with Gasteiger partial charge in [-0.05, 0) is 71.7 Å². The van der Waals surface area contributed by atoms with Gasteiger partial charge in [0.1, 0.15) is 30.0 Å². The topological polar surface area (TPSA) is 77.5 Å². The molecule has 0 bridgehead atoms. The zero-order valence-corrected chi connectivity index (χ0v) is 25.7. The predicted octanol–water partition coefficient (Wildman–Crippen LogP) is 7.13. The van der Waals surface area contributed by atoms with Gasteiger partial charge in [-0.15, -0.1) is 11.3 Å². The first kappa shape index (κ1) is 31.9. The van der Waals surface area contributed by atoms with Gasteiger partial charge in [-0.3, -0.25) is 9.78 Å². The third-order valence-corrected chi connectivity index (χ3v) is 8.02. The maximum absolute atomic E-state index is 13.7. The minimum Gasteiger partial charge on any atom is -0.489 e. The van der Waals surface area contributed by atoms with Crippen LogP contribution < -0.4 is 10.1 Å². The highest BCUT2D eigenvalue weighted by Gasteiger charge is 2.24. The van der Waals surface area contributed by atoms with E-state index < -0.39 is 23.6 Å². The Kier molecular flexibility index (Phi) is 11.5. The fourth-order valence-electron chi connectivity index (χ4n) is 4.55. The van der Waals surface area contributed by atoms with Gasteiger partial charge < -0.3 is 14.8 Å². The monoisotopic (exact) mass is 622 g/mol. The Morgan fingerprint density at radius 1 is 1.07 bits per heavy atom. The number of rotatable bonds is 13. The number of aromatic nitrogens is 1. The summed E-state index contributed by atoms with van der Waals surface area (Å²) in [4.78, 5) is 31.0. The number of halogens is 2. The molecule has 1 heterocycles. The number of carbonyl (C=O) groups is 2. The summed E-state index contributed by atoms with van der Waals surface area (Å²) in [6.07, 6.45) is 6.49. The Morgan fingerprint density at radius 3 is 2.51 bits per heavy atom. The van der Waals surface area contributed by atoms with E-state index in [9.17, 15) is 18.4 Å². The van der Waals surface area contributed by atoms with Crippen LogP contribution in [0.3, 0.4) is 0 Å². The average molecular weight is 623 g/mol. The van der Waals surface area contributed by atoms with E-state index in [1.807, 2.05) is 55.7 Å². The molecule has 1 amide bonds. The number of aryl methyl sites for hydroxylation is 1. The SMILES string of the molecule is COC(=O)[C@H](CCSC)NC(=O)c1ccc(CC(=Cc2cncs2)COc2cc(F)cc(F)c2)cc1-c1ccccc1C. The van der Waals surface area contributed by atoms with Crippen molar-refractivity contribution in [3.8, 4) is 16.9 Å². The summed E-state index contributed by atoms with van der Waals surface area (Å²) < 4.78 is 38.2. The molecule has 43 heavy (non-hydrogen) atoms. The van der Waals surface area contributed by atoms with Gasteiger partial charge >= 0.3 is 5.97 Å². The van der Waals surface area contributed by atoms with Crippen LogP contribution in [0.15, 0.2) is 77.9 Å². The molecule has 4 rings (SSSR count). The van der Waals surface area contributed by atoms with Crippen LogP contribution in [-0.2, 0) is 16.0 Å². The zero-order chi connectivity index (χ0) is 30.8. The molecule has 0 aliphatic rings. The third kappa shape index (κ3) is 8.98. The van der Waals surface area contributed by atoms with Crippen molar-refractivity contribution in [1.29, 1.82) is 0 Å². The lowest BCUT2D eigenvalue weighted by Gasteiger charge is -2.19. The molecule has 10 heteroatoms. The fourth-order valence-corrected chi connectivity index (χ4v) is 5.62. The number of nitrogens with zero attached hydrogens (tertiary/aromatic N) is 1. The van der Waals surface area contributed by atoms with Crippen LogP contribution >= 0.6 is 23.1 Å². The molecule has 224 valence electrons. The summed E-state index contributed by atoms with van der Waals surface area (Å²) in [5.74, 6) is -1.54. The standard InChI is InChI=1S/C33H32F2N2O4S2/c1-21-6-4-5-7-28(21)30-14-22(8-9-29(30)32(38)37-31(10-11-42-3)33(39)40-2)12-23(13-27-18-36-20-43-27)19-41-26-16-24(34)15-25(35)17-26/h4-9,13-18,20,31H,10-12,19H2,1-3H3,(H,37,38)/t31-/m0/s1. The lowest BCUT2D eigenvalue weighted by atomic mass is 9.92. The molecule has 1 aromatic heterocycles. The van der Waals surface area contributed by atoms with Crippen LogP contribution in [0.1, 0.15) is 32.8 Å². The quantitative estimate of drug-likeness (QED) is 0.160. The minimum absolute atomic E-state index is 0.0823. The van der Waals surface area contributed by atoms with Crippen LogP contribution in [0.5, 0.6) is 5.75 Å². The Hall–Kier alpha value is -4.02. The number of thiazole rings is 1. The highest BCUT2D eigenvalue weighted by atomic mass is 32.2. The number of hydrogen-bond donors (Lipinski definition) is 1. The van der Waals surface area contributed by atoms with E-state index in [-0.39, 0.29) is 18.3 Å². The number of hydrogen-bond acceptors (Lipinski definition) is 7. The van der Waals surface area contributed by atoms with Gasteiger partial charge in [0.2, 0.25) is 0 Å². The van der Waals surface area contributed by atoms with E-state index in [1.165, 1.54) is 18.4 Å². The van der Waals surface area contributed by atoms with Crippen LogP contribution in [0.2, 0.25) is 0 Å². The molecule has 0 saturated carbocycles. The smallest absolute Gasteiger partial charge is 0.328 e. The van der Waals surface area contributed by atoms with Crippen molar-refractivity contribution in [1.82, 2.24) is 10.3 Å². The minimum atomic E-state index is -0.770. The highest BCUT2D eigenvalue weighted by molar-refractivity contribution is 7.98. The molecule has 0 saturated heterocycles. The molecule has 1 atom stereocenters. The largest absolute Gasteiger partial charge is 0.489 e. The van der Waals surface area contributed by atoms with Gasteiger partial charge in [-0.2, -0.15) is 11.8 Å². The molecule has 0 radical (unpaired) electrons. The van der Waals surface area contributed by atoms with E-state index in [4.69, 9.17) is 9.47 Å². The molecule has 6 nitrogen and oxygen atoms in total. The Bertz CT molecular complexity index is 1570. The molecule has 0 spiro atoms. The van der Waals surface area contributed by atoms with E-state index in [0.29, 0.717) is 29.7 Å². The van der Waals surface area contributed by atoms with Gasteiger partial charge in [0.05, 0.1) is 12.6 Å². The van der Waals surface area contributed by atoms with E-state index in [0.717, 1.165) is 45.3 Å². The van der Waals surface area contributed by atoms with E-state index >= 15 is 0 Å². The number of nitrogens with one attached hydrogen (secondary N) is 1. The van der Waals surface area contributed by atoms with E-state index in [1.54, 1.807) is 29.5 Å². The first-order chi connectivity index (χ1) is 20.8. The maximum atomic E-state index is 13.7. The highest BCUT2D eigenvalue weighted by Crippen LogP contribution is 2.30. The summed E-state index contributed by atoms with van der Waals surface area (Å²) in [6.45, 7) is 2.06. The molecule has 0 unspecified atom stereocenters. The van der Waals surface area contributed by atoms with Gasteiger partial charge in [0.15, 0.2) is 0 Å². The molecular weight excluding hydrogens is 591 g/mol. The second-order valence-corrected chi connectivity index (χ2v) is 11.7.